The lowest BCUT2D eigenvalue weighted by molar-refractivity contribution is -0.134. The molecule has 4 fully saturated rings. The maximum atomic E-state index is 12.3. The van der Waals surface area contributed by atoms with Crippen LogP contribution in [-0.4, -0.2) is 35.4 Å². The number of para-hydroxylation sites is 1. The molecule has 5 aliphatic rings. The van der Waals surface area contributed by atoms with E-state index in [-0.39, 0.29) is 17.6 Å². The topological polar surface area (TPSA) is 45.3 Å². The van der Waals surface area contributed by atoms with Crippen molar-refractivity contribution in [3.8, 4) is 0 Å². The number of fused-ring (bicyclic) bond motifs is 5. The van der Waals surface area contributed by atoms with E-state index in [0.717, 1.165) is 13.0 Å². The number of allylic oxidation sites excluding steroid dienone is 1. The monoisotopic (exact) mass is 320 g/mol. The highest BCUT2D eigenvalue weighted by molar-refractivity contribution is 5.86. The fourth-order valence-electron chi connectivity index (χ4n) is 6.04. The van der Waals surface area contributed by atoms with Crippen LogP contribution in [0, 0.1) is 11.3 Å². The first kappa shape index (κ1) is 13.4. The SMILES string of the molecule is C/C=C1/CN2[C@H]3[C@@H]4OC[C@@]3(C=O)[C@H]1C[C@H]2c1[nH]c2ccccc2c14. The summed E-state index contributed by atoms with van der Waals surface area (Å²) in [7, 11) is 0. The highest BCUT2D eigenvalue weighted by Gasteiger charge is 2.67. The average molecular weight is 320 g/mol. The molecule has 6 heterocycles. The first-order chi connectivity index (χ1) is 11.8. The van der Waals surface area contributed by atoms with Crippen LogP contribution >= 0.6 is 0 Å². The fourth-order valence-corrected chi connectivity index (χ4v) is 6.04. The number of carbonyl (C=O) groups excluding carboxylic acids is 1. The number of nitrogens with zero attached hydrogens (tertiary/aromatic N) is 1. The largest absolute Gasteiger partial charge is 0.371 e. The third-order valence-corrected chi connectivity index (χ3v) is 7.01. The smallest absolute Gasteiger partial charge is 0.130 e. The zero-order valence-corrected chi connectivity index (χ0v) is 13.7. The molecule has 1 aromatic heterocycles. The maximum Gasteiger partial charge on any atom is 0.130 e. The molecule has 5 aliphatic heterocycles. The lowest BCUT2D eigenvalue weighted by Gasteiger charge is -2.60. The van der Waals surface area contributed by atoms with E-state index < -0.39 is 0 Å². The maximum absolute atomic E-state index is 12.3. The summed E-state index contributed by atoms with van der Waals surface area (Å²) in [6.07, 6.45) is 4.47. The number of ether oxygens (including phenoxy) is 1. The van der Waals surface area contributed by atoms with E-state index in [1.165, 1.54) is 34.0 Å². The van der Waals surface area contributed by atoms with Crippen molar-refractivity contribution in [2.24, 2.45) is 11.3 Å². The Morgan fingerprint density at radius 1 is 1.38 bits per heavy atom. The zero-order valence-electron chi connectivity index (χ0n) is 13.7. The second kappa shape index (κ2) is 4.19. The molecular formula is C20H20N2O2. The summed E-state index contributed by atoms with van der Waals surface area (Å²) in [5, 5.41) is 1.26. The van der Waals surface area contributed by atoms with Crippen LogP contribution in [0.25, 0.3) is 10.9 Å². The molecule has 1 N–H and O–H groups in total. The van der Waals surface area contributed by atoms with E-state index >= 15 is 0 Å². The summed E-state index contributed by atoms with van der Waals surface area (Å²) in [4.78, 5) is 18.5. The number of aromatic amines is 1. The van der Waals surface area contributed by atoms with Gasteiger partial charge in [-0.15, -0.1) is 0 Å². The number of hydrogen-bond donors (Lipinski definition) is 1. The fraction of sp³-hybridized carbons (Fsp3) is 0.450. The molecule has 24 heavy (non-hydrogen) atoms. The number of rotatable bonds is 1. The van der Waals surface area contributed by atoms with Crippen LogP contribution < -0.4 is 0 Å². The second-order valence-corrected chi connectivity index (χ2v) is 7.74. The van der Waals surface area contributed by atoms with E-state index in [4.69, 9.17) is 4.74 Å². The Bertz CT molecular complexity index is 913. The summed E-state index contributed by atoms with van der Waals surface area (Å²) >= 11 is 0. The van der Waals surface area contributed by atoms with E-state index in [9.17, 15) is 4.79 Å². The molecule has 2 aromatic rings. The molecule has 4 heteroatoms. The predicted molar refractivity (Wildman–Crippen MR) is 90.6 cm³/mol. The average Bonchev–Trinajstić information content (AvgIpc) is 3.22. The molecule has 4 saturated heterocycles. The van der Waals surface area contributed by atoms with Crippen LogP contribution in [0.5, 0.6) is 0 Å². The van der Waals surface area contributed by atoms with Crippen molar-refractivity contribution in [2.75, 3.05) is 13.2 Å². The lowest BCUT2D eigenvalue weighted by atomic mass is 9.56. The van der Waals surface area contributed by atoms with Gasteiger partial charge >= 0.3 is 0 Å². The van der Waals surface area contributed by atoms with Gasteiger partial charge in [0, 0.05) is 28.7 Å². The normalized spacial score (nSPS) is 43.4. The summed E-state index contributed by atoms with van der Waals surface area (Å²) in [5.74, 6) is 0.324. The number of carbonyl (C=O) groups is 1. The summed E-state index contributed by atoms with van der Waals surface area (Å²) in [6, 6.07) is 9.07. The van der Waals surface area contributed by atoms with Gasteiger partial charge in [0.25, 0.3) is 0 Å². The van der Waals surface area contributed by atoms with Crippen LogP contribution in [0.15, 0.2) is 35.9 Å². The first-order valence-corrected chi connectivity index (χ1v) is 8.88. The summed E-state index contributed by atoms with van der Waals surface area (Å²) in [5.41, 5.74) is 4.86. The Morgan fingerprint density at radius 3 is 3.08 bits per heavy atom. The van der Waals surface area contributed by atoms with Crippen LogP contribution in [0.3, 0.4) is 0 Å². The molecule has 0 aliphatic carbocycles. The molecule has 4 nitrogen and oxygen atoms in total. The van der Waals surface area contributed by atoms with E-state index in [1.807, 2.05) is 0 Å². The van der Waals surface area contributed by atoms with Crippen molar-refractivity contribution in [3.63, 3.8) is 0 Å². The number of benzene rings is 1. The van der Waals surface area contributed by atoms with Crippen LogP contribution in [-0.2, 0) is 9.53 Å². The van der Waals surface area contributed by atoms with E-state index in [2.05, 4.69) is 47.1 Å². The lowest BCUT2D eigenvalue weighted by Crippen LogP contribution is -2.65. The van der Waals surface area contributed by atoms with Gasteiger partial charge in [0.1, 0.15) is 12.4 Å². The Labute approximate surface area is 140 Å². The predicted octanol–water partition coefficient (Wildman–Crippen LogP) is 3.13. The van der Waals surface area contributed by atoms with Crippen LogP contribution in [0.4, 0.5) is 0 Å². The van der Waals surface area contributed by atoms with Gasteiger partial charge in [0.15, 0.2) is 0 Å². The minimum atomic E-state index is -0.364. The van der Waals surface area contributed by atoms with Crippen molar-refractivity contribution < 1.29 is 9.53 Å². The minimum absolute atomic E-state index is 0.0128. The highest BCUT2D eigenvalue weighted by Crippen LogP contribution is 2.65. The molecule has 6 atom stereocenters. The standard InChI is InChI=1S/C20H20N2O2/c1-2-11-8-22-15-7-13(11)20(9-23)10-24-18(19(20)22)16-12-5-3-4-6-14(12)21-17(15)16/h2-6,9,13,15,18-19,21H,7-8,10H2,1H3/b11-2-/t13-,15-,18+,19-,20-/m0/s1. The van der Waals surface area contributed by atoms with Crippen molar-refractivity contribution in [3.05, 3.63) is 47.2 Å². The second-order valence-electron chi connectivity index (χ2n) is 7.74. The van der Waals surface area contributed by atoms with E-state index in [0.29, 0.717) is 18.6 Å². The molecule has 1 unspecified atom stereocenters. The quantitative estimate of drug-likeness (QED) is 0.648. The summed E-state index contributed by atoms with van der Waals surface area (Å²) < 4.78 is 6.33. The van der Waals surface area contributed by atoms with Crippen LogP contribution in [0.2, 0.25) is 0 Å². The van der Waals surface area contributed by atoms with Gasteiger partial charge in [-0.1, -0.05) is 29.8 Å². The van der Waals surface area contributed by atoms with Crippen molar-refractivity contribution >= 4 is 17.2 Å². The molecular weight excluding hydrogens is 300 g/mol. The van der Waals surface area contributed by atoms with E-state index in [1.54, 1.807) is 0 Å². The van der Waals surface area contributed by atoms with Gasteiger partial charge in [0.05, 0.1) is 24.1 Å². The van der Waals surface area contributed by atoms with Crippen molar-refractivity contribution in [1.29, 1.82) is 0 Å². The van der Waals surface area contributed by atoms with Gasteiger partial charge in [-0.25, -0.2) is 0 Å². The summed E-state index contributed by atoms with van der Waals surface area (Å²) in [6.45, 7) is 3.63. The number of H-pyrrole nitrogens is 1. The Balaban J connectivity index is 1.66. The van der Waals surface area contributed by atoms with Crippen molar-refractivity contribution in [2.45, 2.75) is 31.5 Å². The molecule has 0 saturated carbocycles. The molecule has 1 aromatic carbocycles. The van der Waals surface area contributed by atoms with Gasteiger partial charge < -0.3 is 14.5 Å². The molecule has 7 rings (SSSR count). The third kappa shape index (κ3) is 1.26. The third-order valence-electron chi connectivity index (χ3n) is 7.01. The molecule has 0 radical (unpaired) electrons. The van der Waals surface area contributed by atoms with Gasteiger partial charge in [-0.3, -0.25) is 4.90 Å². The zero-order chi connectivity index (χ0) is 16.1. The number of piperidine rings is 3. The van der Waals surface area contributed by atoms with Gasteiger partial charge in [-0.2, -0.15) is 0 Å². The van der Waals surface area contributed by atoms with Gasteiger partial charge in [0.2, 0.25) is 0 Å². The Kier molecular flexibility index (Phi) is 2.34. The van der Waals surface area contributed by atoms with Gasteiger partial charge in [-0.05, 0) is 25.3 Å². The Morgan fingerprint density at radius 2 is 2.25 bits per heavy atom. The van der Waals surface area contributed by atoms with Crippen molar-refractivity contribution in [1.82, 2.24) is 9.88 Å². The first-order valence-electron chi connectivity index (χ1n) is 8.88. The molecule has 4 bridgehead atoms. The highest BCUT2D eigenvalue weighted by atomic mass is 16.5. The molecule has 0 spiro atoms. The Hall–Kier alpha value is -1.91. The number of nitrogens with one attached hydrogen (secondary N) is 1. The number of aldehydes is 1. The minimum Gasteiger partial charge on any atom is -0.371 e. The number of aromatic nitrogens is 1. The van der Waals surface area contributed by atoms with Crippen LogP contribution in [0.1, 0.15) is 36.7 Å². The molecule has 122 valence electrons. The molecule has 0 amide bonds. The number of hydrogen-bond acceptors (Lipinski definition) is 3.